The van der Waals surface area contributed by atoms with E-state index in [0.717, 1.165) is 6.42 Å². The van der Waals surface area contributed by atoms with E-state index in [4.69, 9.17) is 0 Å². The van der Waals surface area contributed by atoms with Crippen molar-refractivity contribution in [3.63, 3.8) is 0 Å². The number of nitrogens with one attached hydrogen (secondary N) is 1. The monoisotopic (exact) mass is 223 g/mol. The molecule has 1 aromatic rings. The Balaban J connectivity index is 2.42. The van der Waals surface area contributed by atoms with Crippen LogP contribution in [0.15, 0.2) is 18.5 Å². The first-order valence-electron chi connectivity index (χ1n) is 5.38. The normalized spacial score (nSPS) is 14.2. The van der Waals surface area contributed by atoms with E-state index in [2.05, 4.69) is 15.5 Å². The molecule has 2 N–H and O–H groups in total. The first kappa shape index (κ1) is 12.6. The van der Waals surface area contributed by atoms with E-state index in [0.29, 0.717) is 5.56 Å². The van der Waals surface area contributed by atoms with Gasteiger partial charge in [0, 0.05) is 6.54 Å². The van der Waals surface area contributed by atoms with E-state index in [9.17, 15) is 9.90 Å². The van der Waals surface area contributed by atoms with Crippen molar-refractivity contribution in [2.75, 3.05) is 6.54 Å². The molecule has 0 aliphatic heterocycles. The largest absolute Gasteiger partial charge is 0.391 e. The predicted octanol–water partition coefficient (Wildman–Crippen LogP) is 0.613. The van der Waals surface area contributed by atoms with Crippen LogP contribution < -0.4 is 5.32 Å². The number of amides is 1. The van der Waals surface area contributed by atoms with E-state index in [1.54, 1.807) is 6.07 Å². The Bertz CT molecular complexity index is 329. The third-order valence-electron chi connectivity index (χ3n) is 2.62. The van der Waals surface area contributed by atoms with Gasteiger partial charge in [-0.25, -0.2) is 0 Å². The topological polar surface area (TPSA) is 75.1 Å². The molecule has 1 heterocycles. The van der Waals surface area contributed by atoms with Crippen LogP contribution in [0.4, 0.5) is 0 Å². The first-order chi connectivity index (χ1) is 7.65. The molecule has 0 aliphatic rings. The lowest BCUT2D eigenvalue weighted by atomic mass is 10.0. The number of aromatic nitrogens is 2. The summed E-state index contributed by atoms with van der Waals surface area (Å²) < 4.78 is 0. The van der Waals surface area contributed by atoms with Gasteiger partial charge in [-0.05, 0) is 12.0 Å². The molecule has 88 valence electrons. The zero-order chi connectivity index (χ0) is 12.0. The maximum absolute atomic E-state index is 11.6. The number of nitrogens with zero attached hydrogens (tertiary/aromatic N) is 2. The van der Waals surface area contributed by atoms with Crippen LogP contribution in [-0.4, -0.2) is 33.9 Å². The molecule has 5 nitrogen and oxygen atoms in total. The second kappa shape index (κ2) is 6.17. The number of hydrogen-bond donors (Lipinski definition) is 2. The Morgan fingerprint density at radius 2 is 2.31 bits per heavy atom. The summed E-state index contributed by atoms with van der Waals surface area (Å²) in [4.78, 5) is 11.6. The van der Waals surface area contributed by atoms with Crippen LogP contribution in [0.2, 0.25) is 0 Å². The molecule has 0 bridgehead atoms. The van der Waals surface area contributed by atoms with Crippen molar-refractivity contribution in [3.05, 3.63) is 24.0 Å². The fraction of sp³-hybridized carbons (Fsp3) is 0.545. The smallest absolute Gasteiger partial charge is 0.253 e. The summed E-state index contributed by atoms with van der Waals surface area (Å²) in [6.45, 7) is 4.21. The second-order valence-corrected chi connectivity index (χ2v) is 3.79. The molecule has 5 heteroatoms. The van der Waals surface area contributed by atoms with Gasteiger partial charge >= 0.3 is 0 Å². The van der Waals surface area contributed by atoms with Crippen molar-refractivity contribution >= 4 is 5.91 Å². The maximum atomic E-state index is 11.6. The summed E-state index contributed by atoms with van der Waals surface area (Å²) in [5.74, 6) is -0.0619. The molecular formula is C11H17N3O2. The molecule has 1 amide bonds. The van der Waals surface area contributed by atoms with Crippen molar-refractivity contribution in [1.29, 1.82) is 0 Å². The molecule has 0 radical (unpaired) electrons. The SMILES string of the molecule is CCC(C)C(O)CNC(=O)c1ccnnc1. The summed E-state index contributed by atoms with van der Waals surface area (Å²) in [5.41, 5.74) is 0.450. The standard InChI is InChI=1S/C11H17N3O2/c1-3-8(2)10(15)7-12-11(16)9-4-5-13-14-6-9/h4-6,8,10,15H,3,7H2,1-2H3,(H,12,16). The summed E-state index contributed by atoms with van der Waals surface area (Å²) in [6.07, 6.45) is 3.22. The lowest BCUT2D eigenvalue weighted by molar-refractivity contribution is 0.0849. The molecule has 1 aromatic heterocycles. The van der Waals surface area contributed by atoms with Gasteiger partial charge in [0.25, 0.3) is 5.91 Å². The molecular weight excluding hydrogens is 206 g/mol. The summed E-state index contributed by atoms with van der Waals surface area (Å²) >= 11 is 0. The summed E-state index contributed by atoms with van der Waals surface area (Å²) in [6, 6.07) is 1.58. The lowest BCUT2D eigenvalue weighted by Crippen LogP contribution is -2.35. The van der Waals surface area contributed by atoms with Crippen LogP contribution in [0.1, 0.15) is 30.6 Å². The highest BCUT2D eigenvalue weighted by molar-refractivity contribution is 5.93. The van der Waals surface area contributed by atoms with Crippen molar-refractivity contribution in [1.82, 2.24) is 15.5 Å². The average Bonchev–Trinajstić information content (AvgIpc) is 2.35. The molecule has 0 spiro atoms. The molecule has 0 fully saturated rings. The van der Waals surface area contributed by atoms with E-state index in [-0.39, 0.29) is 18.4 Å². The summed E-state index contributed by atoms with van der Waals surface area (Å²) in [7, 11) is 0. The Hall–Kier alpha value is -1.49. The number of hydrogen-bond acceptors (Lipinski definition) is 4. The van der Waals surface area contributed by atoms with Gasteiger partial charge in [0.15, 0.2) is 0 Å². The van der Waals surface area contributed by atoms with Crippen LogP contribution in [-0.2, 0) is 0 Å². The van der Waals surface area contributed by atoms with Crippen molar-refractivity contribution in [3.8, 4) is 0 Å². The quantitative estimate of drug-likeness (QED) is 0.767. The maximum Gasteiger partial charge on any atom is 0.253 e. The number of carbonyl (C=O) groups is 1. The van der Waals surface area contributed by atoms with Crippen LogP contribution >= 0.6 is 0 Å². The van der Waals surface area contributed by atoms with E-state index in [1.807, 2.05) is 13.8 Å². The Morgan fingerprint density at radius 1 is 1.56 bits per heavy atom. The minimum atomic E-state index is -0.510. The van der Waals surface area contributed by atoms with Crippen molar-refractivity contribution in [2.45, 2.75) is 26.4 Å². The Kier molecular flexibility index (Phi) is 4.85. The van der Waals surface area contributed by atoms with E-state index in [1.165, 1.54) is 12.4 Å². The molecule has 0 aromatic carbocycles. The minimum absolute atomic E-state index is 0.177. The fourth-order valence-corrected chi connectivity index (χ4v) is 1.20. The molecule has 0 saturated carbocycles. The first-order valence-corrected chi connectivity index (χ1v) is 5.38. The van der Waals surface area contributed by atoms with Crippen molar-refractivity contribution in [2.24, 2.45) is 5.92 Å². The molecule has 0 aliphatic carbocycles. The van der Waals surface area contributed by atoms with Gasteiger partial charge in [0.2, 0.25) is 0 Å². The van der Waals surface area contributed by atoms with Gasteiger partial charge < -0.3 is 10.4 Å². The molecule has 0 saturated heterocycles. The second-order valence-electron chi connectivity index (χ2n) is 3.79. The van der Waals surface area contributed by atoms with Crippen LogP contribution in [0, 0.1) is 5.92 Å². The molecule has 2 atom stereocenters. The highest BCUT2D eigenvalue weighted by atomic mass is 16.3. The zero-order valence-electron chi connectivity index (χ0n) is 9.55. The number of aliphatic hydroxyl groups excluding tert-OH is 1. The Labute approximate surface area is 94.9 Å². The Morgan fingerprint density at radius 3 is 2.88 bits per heavy atom. The number of rotatable bonds is 5. The number of carbonyl (C=O) groups excluding carboxylic acids is 1. The summed E-state index contributed by atoms with van der Waals surface area (Å²) in [5, 5.41) is 19.5. The third-order valence-corrected chi connectivity index (χ3v) is 2.62. The average molecular weight is 223 g/mol. The molecule has 2 unspecified atom stereocenters. The van der Waals surface area contributed by atoms with Gasteiger partial charge in [-0.2, -0.15) is 10.2 Å². The molecule has 16 heavy (non-hydrogen) atoms. The van der Waals surface area contributed by atoms with Gasteiger partial charge in [0.05, 0.1) is 24.1 Å². The highest BCUT2D eigenvalue weighted by Crippen LogP contribution is 2.06. The predicted molar refractivity (Wildman–Crippen MR) is 59.8 cm³/mol. The van der Waals surface area contributed by atoms with Gasteiger partial charge in [-0.3, -0.25) is 4.79 Å². The van der Waals surface area contributed by atoms with E-state index >= 15 is 0 Å². The van der Waals surface area contributed by atoms with Crippen LogP contribution in [0.3, 0.4) is 0 Å². The van der Waals surface area contributed by atoms with E-state index < -0.39 is 6.10 Å². The zero-order valence-corrected chi connectivity index (χ0v) is 9.55. The van der Waals surface area contributed by atoms with Gasteiger partial charge in [-0.1, -0.05) is 20.3 Å². The van der Waals surface area contributed by atoms with Gasteiger partial charge in [0.1, 0.15) is 0 Å². The minimum Gasteiger partial charge on any atom is -0.391 e. The van der Waals surface area contributed by atoms with Crippen LogP contribution in [0.25, 0.3) is 0 Å². The highest BCUT2D eigenvalue weighted by Gasteiger charge is 2.13. The van der Waals surface area contributed by atoms with Crippen LogP contribution in [0.5, 0.6) is 0 Å². The number of aliphatic hydroxyl groups is 1. The third kappa shape index (κ3) is 3.58. The molecule has 1 rings (SSSR count). The lowest BCUT2D eigenvalue weighted by Gasteiger charge is -2.17. The van der Waals surface area contributed by atoms with Crippen molar-refractivity contribution < 1.29 is 9.90 Å². The fourth-order valence-electron chi connectivity index (χ4n) is 1.20. The van der Waals surface area contributed by atoms with Gasteiger partial charge in [-0.15, -0.1) is 0 Å².